The van der Waals surface area contributed by atoms with Gasteiger partial charge in [0.25, 0.3) is 5.91 Å². The maximum Gasteiger partial charge on any atom is 0.490 e. The van der Waals surface area contributed by atoms with Crippen LogP contribution in [-0.2, 0) is 16.8 Å². The molecule has 1 saturated heterocycles. The molecule has 1 amide bonds. The van der Waals surface area contributed by atoms with Crippen LogP contribution < -0.4 is 4.90 Å². The first-order chi connectivity index (χ1) is 16.6. The number of fused-ring (bicyclic) bond motifs is 2. The number of benzene rings is 1. The Kier molecular flexibility index (Phi) is 6.91. The number of alkyl halides is 3. The first-order valence-corrected chi connectivity index (χ1v) is 11.6. The van der Waals surface area contributed by atoms with E-state index in [1.807, 2.05) is 52.2 Å². The van der Waals surface area contributed by atoms with E-state index in [0.717, 1.165) is 48.6 Å². The van der Waals surface area contributed by atoms with Crippen LogP contribution in [0.5, 0.6) is 0 Å². The van der Waals surface area contributed by atoms with Gasteiger partial charge in [-0.3, -0.25) is 14.7 Å². The van der Waals surface area contributed by atoms with E-state index in [-0.39, 0.29) is 17.1 Å². The molecule has 35 heavy (non-hydrogen) atoms. The van der Waals surface area contributed by atoms with E-state index < -0.39 is 12.1 Å². The summed E-state index contributed by atoms with van der Waals surface area (Å²) in [4.78, 5) is 30.9. The molecular weight excluding hydrogens is 486 g/mol. The van der Waals surface area contributed by atoms with Crippen molar-refractivity contribution in [1.29, 1.82) is 0 Å². The number of aliphatic carboxylic acids is 1. The molecule has 4 heterocycles. The van der Waals surface area contributed by atoms with Gasteiger partial charge in [0, 0.05) is 36.6 Å². The Morgan fingerprint density at radius 2 is 1.83 bits per heavy atom. The number of nitrogens with zero attached hydrogens (tertiary/aromatic N) is 3. The Labute approximate surface area is 202 Å². The Morgan fingerprint density at radius 1 is 1.11 bits per heavy atom. The maximum absolute atomic E-state index is 13.2. The molecular formula is C24H21F4N3O3S. The van der Waals surface area contributed by atoms with Crippen molar-refractivity contribution >= 4 is 28.9 Å². The van der Waals surface area contributed by atoms with E-state index >= 15 is 0 Å². The van der Waals surface area contributed by atoms with Crippen molar-refractivity contribution in [2.24, 2.45) is 0 Å². The minimum absolute atomic E-state index is 0.0457. The Bertz CT molecular complexity index is 1200. The smallest absolute Gasteiger partial charge is 0.475 e. The van der Waals surface area contributed by atoms with Gasteiger partial charge in [0.2, 0.25) is 0 Å². The van der Waals surface area contributed by atoms with Crippen molar-refractivity contribution in [2.75, 3.05) is 24.5 Å². The third-order valence-corrected chi connectivity index (χ3v) is 6.73. The predicted molar refractivity (Wildman–Crippen MR) is 122 cm³/mol. The SMILES string of the molecule is O=C(O)C(F)(F)F.O=C(c1ccsc1)N1CC2(CCN(Cc3ccc(F)cc3)C2)c2ncccc21. The summed E-state index contributed by atoms with van der Waals surface area (Å²) in [6.07, 6.45) is -2.30. The van der Waals surface area contributed by atoms with E-state index in [2.05, 4.69) is 4.90 Å². The van der Waals surface area contributed by atoms with Gasteiger partial charge < -0.3 is 10.0 Å². The number of hydrogen-bond donors (Lipinski definition) is 1. The molecule has 0 bridgehead atoms. The summed E-state index contributed by atoms with van der Waals surface area (Å²) in [5.74, 6) is -2.92. The number of carbonyl (C=O) groups excluding carboxylic acids is 1. The molecule has 1 unspecified atom stereocenters. The van der Waals surface area contributed by atoms with E-state index in [4.69, 9.17) is 14.9 Å². The van der Waals surface area contributed by atoms with Gasteiger partial charge in [-0.2, -0.15) is 24.5 Å². The molecule has 3 aromatic rings. The second kappa shape index (κ2) is 9.74. The van der Waals surface area contributed by atoms with E-state index in [9.17, 15) is 22.4 Å². The number of aromatic nitrogens is 1. The Morgan fingerprint density at radius 3 is 2.46 bits per heavy atom. The van der Waals surface area contributed by atoms with E-state index in [1.165, 1.54) is 23.5 Å². The molecule has 11 heteroatoms. The molecule has 1 aromatic carbocycles. The van der Waals surface area contributed by atoms with Crippen molar-refractivity contribution in [2.45, 2.75) is 24.6 Å². The van der Waals surface area contributed by atoms with Gasteiger partial charge in [0.05, 0.1) is 16.9 Å². The number of carbonyl (C=O) groups is 2. The normalized spacial score (nSPS) is 19.4. The summed E-state index contributed by atoms with van der Waals surface area (Å²) in [5, 5.41) is 11.0. The zero-order chi connectivity index (χ0) is 25.2. The fourth-order valence-electron chi connectivity index (χ4n) is 4.47. The number of carboxylic acid groups (broad SMARTS) is 1. The minimum atomic E-state index is -5.08. The zero-order valence-electron chi connectivity index (χ0n) is 18.3. The second-order valence-electron chi connectivity index (χ2n) is 8.44. The summed E-state index contributed by atoms with van der Waals surface area (Å²) in [6.45, 7) is 3.23. The van der Waals surface area contributed by atoms with Crippen LogP contribution >= 0.6 is 11.3 Å². The standard InChI is InChI=1S/C22H20FN3OS.C2HF3O2/c23-18-5-3-16(4-6-18)12-25-10-8-22(14-25)15-26(19-2-1-9-24-20(19)22)21(27)17-7-11-28-13-17;3-2(4,5)1(6)7/h1-7,9,11,13H,8,10,12,14-15H2;(H,6,7). The van der Waals surface area contributed by atoms with Gasteiger partial charge >= 0.3 is 12.1 Å². The molecule has 0 aliphatic carbocycles. The highest BCUT2D eigenvalue weighted by Gasteiger charge is 2.50. The average Bonchev–Trinajstić information content (AvgIpc) is 3.56. The second-order valence-corrected chi connectivity index (χ2v) is 9.22. The first-order valence-electron chi connectivity index (χ1n) is 10.7. The van der Waals surface area contributed by atoms with Gasteiger partial charge in [-0.15, -0.1) is 0 Å². The minimum Gasteiger partial charge on any atom is -0.475 e. The average molecular weight is 508 g/mol. The molecule has 1 spiro atoms. The number of hydrogen-bond acceptors (Lipinski definition) is 5. The molecule has 2 aliphatic rings. The van der Waals surface area contributed by atoms with Crippen molar-refractivity contribution in [3.8, 4) is 0 Å². The quantitative estimate of drug-likeness (QED) is 0.520. The number of carboxylic acids is 1. The lowest BCUT2D eigenvalue weighted by Gasteiger charge is -2.25. The van der Waals surface area contributed by atoms with Gasteiger partial charge in [-0.1, -0.05) is 12.1 Å². The predicted octanol–water partition coefficient (Wildman–Crippen LogP) is 4.72. The largest absolute Gasteiger partial charge is 0.490 e. The molecule has 1 atom stereocenters. The fourth-order valence-corrected chi connectivity index (χ4v) is 5.10. The van der Waals surface area contributed by atoms with E-state index in [1.54, 1.807) is 0 Å². The Balaban J connectivity index is 0.000000364. The van der Waals surface area contributed by atoms with Crippen LogP contribution in [0.25, 0.3) is 0 Å². The van der Waals surface area contributed by atoms with Gasteiger partial charge in [0.15, 0.2) is 0 Å². The molecule has 0 radical (unpaired) electrons. The lowest BCUT2D eigenvalue weighted by molar-refractivity contribution is -0.192. The van der Waals surface area contributed by atoms with Crippen LogP contribution in [0.15, 0.2) is 59.4 Å². The third kappa shape index (κ3) is 5.35. The molecule has 2 aliphatic heterocycles. The van der Waals surface area contributed by atoms with Gasteiger partial charge in [-0.05, 0) is 54.2 Å². The molecule has 6 nitrogen and oxygen atoms in total. The summed E-state index contributed by atoms with van der Waals surface area (Å²) in [5.41, 5.74) is 3.66. The van der Waals surface area contributed by atoms with Crippen LogP contribution in [-0.4, -0.2) is 52.7 Å². The van der Waals surface area contributed by atoms with Gasteiger partial charge in [0.1, 0.15) is 5.82 Å². The zero-order valence-corrected chi connectivity index (χ0v) is 19.2. The summed E-state index contributed by atoms with van der Waals surface area (Å²) < 4.78 is 44.9. The number of halogens is 4. The topological polar surface area (TPSA) is 73.7 Å². The van der Waals surface area contributed by atoms with Crippen molar-refractivity contribution in [3.05, 3.63) is 82.1 Å². The number of thiophene rings is 1. The number of pyridine rings is 1. The highest BCUT2D eigenvalue weighted by molar-refractivity contribution is 7.08. The monoisotopic (exact) mass is 507 g/mol. The summed E-state index contributed by atoms with van der Waals surface area (Å²) >= 11 is 1.54. The van der Waals surface area contributed by atoms with Crippen LogP contribution in [0.4, 0.5) is 23.2 Å². The number of anilines is 1. The molecule has 184 valence electrons. The first kappa shape index (κ1) is 24.8. The lowest BCUT2D eigenvalue weighted by Crippen LogP contribution is -2.39. The van der Waals surface area contributed by atoms with Gasteiger partial charge in [-0.25, -0.2) is 9.18 Å². The molecule has 5 rings (SSSR count). The highest BCUT2D eigenvalue weighted by atomic mass is 32.1. The summed E-state index contributed by atoms with van der Waals surface area (Å²) in [7, 11) is 0. The number of rotatable bonds is 3. The lowest BCUT2D eigenvalue weighted by atomic mass is 9.85. The van der Waals surface area contributed by atoms with Crippen LogP contribution in [0, 0.1) is 5.82 Å². The van der Waals surface area contributed by atoms with Crippen LogP contribution in [0.1, 0.15) is 28.0 Å². The Hall–Kier alpha value is -3.31. The third-order valence-electron chi connectivity index (χ3n) is 6.05. The molecule has 2 aromatic heterocycles. The van der Waals surface area contributed by atoms with Crippen molar-refractivity contribution < 1.29 is 32.3 Å². The summed E-state index contributed by atoms with van der Waals surface area (Å²) in [6, 6.07) is 12.5. The molecule has 1 N–H and O–H groups in total. The molecule has 1 fully saturated rings. The fraction of sp³-hybridized carbons (Fsp3) is 0.292. The van der Waals surface area contributed by atoms with Crippen molar-refractivity contribution in [3.63, 3.8) is 0 Å². The molecule has 0 saturated carbocycles. The van der Waals surface area contributed by atoms with Crippen molar-refractivity contribution in [1.82, 2.24) is 9.88 Å². The van der Waals surface area contributed by atoms with Crippen LogP contribution in [0.2, 0.25) is 0 Å². The van der Waals surface area contributed by atoms with E-state index in [0.29, 0.717) is 6.54 Å². The highest BCUT2D eigenvalue weighted by Crippen LogP contribution is 2.45. The van der Waals surface area contributed by atoms with Crippen LogP contribution in [0.3, 0.4) is 0 Å². The maximum atomic E-state index is 13.2. The number of amides is 1. The number of likely N-dealkylation sites (tertiary alicyclic amines) is 1.